The summed E-state index contributed by atoms with van der Waals surface area (Å²) in [7, 11) is 1.38. The number of benzene rings is 1. The molecule has 0 aliphatic heterocycles. The standard InChI is InChI=1S/C8H9ClFNO2/c1-11(13)4-6-7(9)2-5(12)3-8(6)10/h2-3,12-13H,4H2,1H3. The van der Waals surface area contributed by atoms with Crippen molar-refractivity contribution in [3.05, 3.63) is 28.5 Å². The van der Waals surface area contributed by atoms with E-state index >= 15 is 0 Å². The van der Waals surface area contributed by atoms with Gasteiger partial charge in [-0.05, 0) is 6.07 Å². The Hall–Kier alpha value is -0.840. The van der Waals surface area contributed by atoms with Crippen LogP contribution in [0.15, 0.2) is 12.1 Å². The second-order valence-corrected chi connectivity index (χ2v) is 3.11. The van der Waals surface area contributed by atoms with Crippen LogP contribution < -0.4 is 0 Å². The molecule has 0 aromatic heterocycles. The lowest BCUT2D eigenvalue weighted by Crippen LogP contribution is -2.13. The summed E-state index contributed by atoms with van der Waals surface area (Å²) < 4.78 is 13.1. The zero-order valence-electron chi connectivity index (χ0n) is 6.96. The molecule has 0 spiro atoms. The summed E-state index contributed by atoms with van der Waals surface area (Å²) in [6.07, 6.45) is 0. The highest BCUT2D eigenvalue weighted by Gasteiger charge is 2.10. The van der Waals surface area contributed by atoms with Crippen molar-refractivity contribution in [1.29, 1.82) is 0 Å². The third kappa shape index (κ3) is 2.55. The lowest BCUT2D eigenvalue weighted by atomic mass is 10.2. The molecule has 0 bridgehead atoms. The van der Waals surface area contributed by atoms with E-state index in [-0.39, 0.29) is 22.9 Å². The molecule has 1 aromatic rings. The minimum atomic E-state index is -0.633. The molecule has 0 unspecified atom stereocenters. The first-order chi connectivity index (χ1) is 6.00. The number of nitrogens with zero attached hydrogens (tertiary/aromatic N) is 1. The molecular formula is C8H9ClFNO2. The van der Waals surface area contributed by atoms with Crippen molar-refractivity contribution in [2.45, 2.75) is 6.54 Å². The van der Waals surface area contributed by atoms with E-state index in [1.54, 1.807) is 0 Å². The van der Waals surface area contributed by atoms with Crippen molar-refractivity contribution in [2.24, 2.45) is 0 Å². The Morgan fingerprint density at radius 1 is 1.54 bits per heavy atom. The van der Waals surface area contributed by atoms with Gasteiger partial charge in [-0.1, -0.05) is 11.6 Å². The molecule has 0 saturated carbocycles. The maximum absolute atomic E-state index is 13.1. The molecule has 1 aromatic carbocycles. The number of aromatic hydroxyl groups is 1. The Labute approximate surface area is 79.9 Å². The zero-order chi connectivity index (χ0) is 10.0. The molecule has 0 saturated heterocycles. The summed E-state index contributed by atoms with van der Waals surface area (Å²) in [6, 6.07) is 2.17. The molecule has 5 heteroatoms. The van der Waals surface area contributed by atoms with Crippen molar-refractivity contribution in [2.75, 3.05) is 7.05 Å². The summed E-state index contributed by atoms with van der Waals surface area (Å²) in [5.74, 6) is -0.863. The van der Waals surface area contributed by atoms with E-state index in [0.29, 0.717) is 0 Å². The molecule has 3 nitrogen and oxygen atoms in total. The minimum Gasteiger partial charge on any atom is -0.508 e. The van der Waals surface area contributed by atoms with Gasteiger partial charge in [0.2, 0.25) is 0 Å². The summed E-state index contributed by atoms with van der Waals surface area (Å²) in [4.78, 5) is 0. The molecule has 0 aliphatic rings. The second kappa shape index (κ2) is 3.91. The summed E-state index contributed by atoms with van der Waals surface area (Å²) in [5, 5.41) is 18.7. The number of hydrogen-bond donors (Lipinski definition) is 2. The highest BCUT2D eigenvalue weighted by Crippen LogP contribution is 2.25. The second-order valence-electron chi connectivity index (χ2n) is 2.70. The van der Waals surface area contributed by atoms with Crippen LogP contribution in [-0.2, 0) is 6.54 Å². The Morgan fingerprint density at radius 3 is 2.62 bits per heavy atom. The number of phenols is 1. The third-order valence-corrected chi connectivity index (χ3v) is 1.85. The van der Waals surface area contributed by atoms with Crippen molar-refractivity contribution < 1.29 is 14.7 Å². The van der Waals surface area contributed by atoms with Crippen LogP contribution in [-0.4, -0.2) is 22.4 Å². The average Bonchev–Trinajstić information content (AvgIpc) is 1.96. The fourth-order valence-corrected chi connectivity index (χ4v) is 1.23. The topological polar surface area (TPSA) is 43.7 Å². The SMILES string of the molecule is CN(O)Cc1c(F)cc(O)cc1Cl. The van der Waals surface area contributed by atoms with Gasteiger partial charge in [-0.2, -0.15) is 5.06 Å². The first-order valence-electron chi connectivity index (χ1n) is 3.57. The van der Waals surface area contributed by atoms with Crippen molar-refractivity contribution in [3.63, 3.8) is 0 Å². The van der Waals surface area contributed by atoms with Crippen LogP contribution in [0.4, 0.5) is 4.39 Å². The van der Waals surface area contributed by atoms with Gasteiger partial charge in [0.25, 0.3) is 0 Å². The average molecular weight is 206 g/mol. The van der Waals surface area contributed by atoms with E-state index in [1.807, 2.05) is 0 Å². The predicted molar refractivity (Wildman–Crippen MR) is 46.3 cm³/mol. The van der Waals surface area contributed by atoms with E-state index in [1.165, 1.54) is 13.1 Å². The van der Waals surface area contributed by atoms with Crippen molar-refractivity contribution in [3.8, 4) is 5.75 Å². The molecule has 0 heterocycles. The molecule has 2 N–H and O–H groups in total. The quantitative estimate of drug-likeness (QED) is 0.726. The molecule has 0 fully saturated rings. The lowest BCUT2D eigenvalue weighted by Gasteiger charge is -2.10. The highest BCUT2D eigenvalue weighted by molar-refractivity contribution is 6.31. The van der Waals surface area contributed by atoms with E-state index in [9.17, 15) is 4.39 Å². The van der Waals surface area contributed by atoms with Crippen LogP contribution in [0.5, 0.6) is 5.75 Å². The first kappa shape index (κ1) is 10.2. The van der Waals surface area contributed by atoms with Gasteiger partial charge in [-0.15, -0.1) is 0 Å². The van der Waals surface area contributed by atoms with Gasteiger partial charge >= 0.3 is 0 Å². The number of phenolic OH excluding ortho intramolecular Hbond substituents is 1. The van der Waals surface area contributed by atoms with Gasteiger partial charge in [0.05, 0.1) is 11.6 Å². The highest BCUT2D eigenvalue weighted by atomic mass is 35.5. The summed E-state index contributed by atoms with van der Waals surface area (Å²) >= 11 is 5.64. The molecule has 0 amide bonds. The number of hydrogen-bond acceptors (Lipinski definition) is 3. The zero-order valence-corrected chi connectivity index (χ0v) is 7.72. The maximum Gasteiger partial charge on any atom is 0.132 e. The van der Waals surface area contributed by atoms with Crippen molar-refractivity contribution in [1.82, 2.24) is 5.06 Å². The van der Waals surface area contributed by atoms with Crippen LogP contribution in [0, 0.1) is 5.82 Å². The fraction of sp³-hybridized carbons (Fsp3) is 0.250. The Morgan fingerprint density at radius 2 is 2.15 bits per heavy atom. The molecule has 0 aliphatic carbocycles. The molecule has 1 rings (SSSR count). The maximum atomic E-state index is 13.1. The van der Waals surface area contributed by atoms with Gasteiger partial charge in [0, 0.05) is 18.7 Å². The molecule has 0 atom stereocenters. The van der Waals surface area contributed by atoms with Crippen molar-refractivity contribution >= 4 is 11.6 Å². The monoisotopic (exact) mass is 205 g/mol. The van der Waals surface area contributed by atoms with Gasteiger partial charge in [-0.25, -0.2) is 4.39 Å². The lowest BCUT2D eigenvalue weighted by molar-refractivity contribution is -0.0738. The van der Waals surface area contributed by atoms with E-state index < -0.39 is 5.82 Å². The van der Waals surface area contributed by atoms with Gasteiger partial charge < -0.3 is 10.3 Å². The van der Waals surface area contributed by atoms with Crippen LogP contribution in [0.1, 0.15) is 5.56 Å². The normalized spacial score (nSPS) is 10.8. The smallest absolute Gasteiger partial charge is 0.132 e. The van der Waals surface area contributed by atoms with Crippen LogP contribution >= 0.6 is 11.6 Å². The van der Waals surface area contributed by atoms with E-state index in [0.717, 1.165) is 11.1 Å². The van der Waals surface area contributed by atoms with Gasteiger partial charge in [-0.3, -0.25) is 0 Å². The van der Waals surface area contributed by atoms with Gasteiger partial charge in [0.15, 0.2) is 0 Å². The summed E-state index contributed by atoms with van der Waals surface area (Å²) in [6.45, 7) is -0.0229. The first-order valence-corrected chi connectivity index (χ1v) is 3.95. The molecule has 13 heavy (non-hydrogen) atoms. The van der Waals surface area contributed by atoms with Crippen LogP contribution in [0.3, 0.4) is 0 Å². The third-order valence-electron chi connectivity index (χ3n) is 1.51. The largest absolute Gasteiger partial charge is 0.508 e. The minimum absolute atomic E-state index is 0.0229. The Balaban J connectivity index is 3.06. The Kier molecular flexibility index (Phi) is 3.08. The summed E-state index contributed by atoms with van der Waals surface area (Å²) in [5.41, 5.74) is 0.157. The van der Waals surface area contributed by atoms with Crippen LogP contribution in [0.25, 0.3) is 0 Å². The number of rotatable bonds is 2. The van der Waals surface area contributed by atoms with Gasteiger partial charge in [0.1, 0.15) is 11.6 Å². The molecule has 0 radical (unpaired) electrons. The Bertz CT molecular complexity index is 294. The predicted octanol–water partition coefficient (Wildman–Crippen LogP) is 2.01. The number of halogens is 2. The van der Waals surface area contributed by atoms with Crippen LogP contribution in [0.2, 0.25) is 5.02 Å². The molecule has 72 valence electrons. The van der Waals surface area contributed by atoms with E-state index in [4.69, 9.17) is 21.9 Å². The molecular weight excluding hydrogens is 197 g/mol. The fourth-order valence-electron chi connectivity index (χ4n) is 0.970. The van der Waals surface area contributed by atoms with E-state index in [2.05, 4.69) is 0 Å². The number of hydroxylamine groups is 2.